The van der Waals surface area contributed by atoms with Gasteiger partial charge in [0.15, 0.2) is 5.78 Å². The Kier molecular flexibility index (Phi) is 3.52. The van der Waals surface area contributed by atoms with E-state index >= 15 is 0 Å². The Morgan fingerprint density at radius 2 is 2.00 bits per heavy atom. The minimum Gasteiger partial charge on any atom is -0.493 e. The van der Waals surface area contributed by atoms with E-state index in [4.69, 9.17) is 10.5 Å². The molecule has 0 radical (unpaired) electrons. The lowest BCUT2D eigenvalue weighted by atomic mass is 9.97. The molecule has 20 heavy (non-hydrogen) atoms. The lowest BCUT2D eigenvalue weighted by Gasteiger charge is -2.11. The predicted octanol–water partition coefficient (Wildman–Crippen LogP) is 2.89. The summed E-state index contributed by atoms with van der Waals surface area (Å²) in [5, 5.41) is 0. The second-order valence-electron chi connectivity index (χ2n) is 5.07. The van der Waals surface area contributed by atoms with E-state index in [-0.39, 0.29) is 11.8 Å². The highest BCUT2D eigenvalue weighted by Gasteiger charge is 2.17. The lowest BCUT2D eigenvalue weighted by Crippen LogP contribution is -2.15. The third kappa shape index (κ3) is 2.58. The van der Waals surface area contributed by atoms with E-state index in [0.717, 1.165) is 28.9 Å². The number of ether oxygens (including phenoxy) is 1. The van der Waals surface area contributed by atoms with Crippen LogP contribution in [0.2, 0.25) is 0 Å². The molecule has 1 unspecified atom stereocenters. The molecule has 0 spiro atoms. The topological polar surface area (TPSA) is 52.3 Å². The monoisotopic (exact) mass is 267 g/mol. The number of hydrogen-bond acceptors (Lipinski definition) is 3. The summed E-state index contributed by atoms with van der Waals surface area (Å²) in [6.45, 7) is 0.705. The zero-order valence-electron chi connectivity index (χ0n) is 11.2. The Morgan fingerprint density at radius 3 is 2.80 bits per heavy atom. The third-order valence-electron chi connectivity index (χ3n) is 3.64. The molecule has 0 aliphatic carbocycles. The number of Topliss-reactive ketones (excluding diaryl/α,β-unsaturated/α-hetero) is 1. The molecule has 2 aromatic carbocycles. The standard InChI is InChI=1S/C17H17NO2/c18-15(12-4-2-1-3-5-12)11-16(19)13-6-7-17-14(10-13)8-9-20-17/h1-7,10,15H,8-9,11,18H2. The molecule has 0 amide bonds. The van der Waals surface area contributed by atoms with Crippen LogP contribution < -0.4 is 10.5 Å². The molecule has 3 nitrogen and oxygen atoms in total. The van der Waals surface area contributed by atoms with Gasteiger partial charge in [-0.1, -0.05) is 30.3 Å². The maximum Gasteiger partial charge on any atom is 0.164 e. The van der Waals surface area contributed by atoms with Gasteiger partial charge >= 0.3 is 0 Å². The van der Waals surface area contributed by atoms with Crippen LogP contribution in [-0.2, 0) is 6.42 Å². The van der Waals surface area contributed by atoms with Gasteiger partial charge in [-0.15, -0.1) is 0 Å². The highest BCUT2D eigenvalue weighted by Crippen LogP contribution is 2.27. The normalized spacial score (nSPS) is 14.4. The Bertz CT molecular complexity index is 622. The van der Waals surface area contributed by atoms with Crippen molar-refractivity contribution in [2.45, 2.75) is 18.9 Å². The van der Waals surface area contributed by atoms with E-state index in [1.807, 2.05) is 48.5 Å². The van der Waals surface area contributed by atoms with Crippen molar-refractivity contribution in [3.63, 3.8) is 0 Å². The molecular formula is C17H17NO2. The number of carbonyl (C=O) groups is 1. The number of ketones is 1. The minimum atomic E-state index is -0.256. The lowest BCUT2D eigenvalue weighted by molar-refractivity contribution is 0.0974. The fraction of sp³-hybridized carbons (Fsp3) is 0.235. The van der Waals surface area contributed by atoms with E-state index in [0.29, 0.717) is 13.0 Å². The summed E-state index contributed by atoms with van der Waals surface area (Å²) in [6, 6.07) is 15.1. The molecule has 0 bridgehead atoms. The van der Waals surface area contributed by atoms with E-state index in [9.17, 15) is 4.79 Å². The van der Waals surface area contributed by atoms with Crippen molar-refractivity contribution < 1.29 is 9.53 Å². The van der Waals surface area contributed by atoms with Crippen LogP contribution >= 0.6 is 0 Å². The molecule has 0 aromatic heterocycles. The predicted molar refractivity (Wildman–Crippen MR) is 78.0 cm³/mol. The Balaban J connectivity index is 1.73. The van der Waals surface area contributed by atoms with Crippen LogP contribution in [0.25, 0.3) is 0 Å². The van der Waals surface area contributed by atoms with Crippen LogP contribution in [-0.4, -0.2) is 12.4 Å². The first-order valence-corrected chi connectivity index (χ1v) is 6.83. The molecule has 2 aromatic rings. The van der Waals surface area contributed by atoms with E-state index in [1.165, 1.54) is 0 Å². The molecule has 0 fully saturated rings. The van der Waals surface area contributed by atoms with Gasteiger partial charge in [0, 0.05) is 24.4 Å². The van der Waals surface area contributed by atoms with Crippen molar-refractivity contribution in [3.8, 4) is 5.75 Å². The van der Waals surface area contributed by atoms with Crippen LogP contribution in [0.1, 0.15) is 33.9 Å². The second kappa shape index (κ2) is 5.47. The van der Waals surface area contributed by atoms with Crippen LogP contribution in [0, 0.1) is 0 Å². The second-order valence-corrected chi connectivity index (χ2v) is 5.07. The number of rotatable bonds is 4. The van der Waals surface area contributed by atoms with Gasteiger partial charge in [0.25, 0.3) is 0 Å². The fourth-order valence-electron chi connectivity index (χ4n) is 2.50. The molecule has 0 saturated heterocycles. The van der Waals surface area contributed by atoms with Crippen molar-refractivity contribution in [1.82, 2.24) is 0 Å². The van der Waals surface area contributed by atoms with Crippen LogP contribution in [0.5, 0.6) is 5.75 Å². The molecule has 3 heteroatoms. The van der Waals surface area contributed by atoms with Gasteiger partial charge in [0.2, 0.25) is 0 Å². The van der Waals surface area contributed by atoms with Crippen molar-refractivity contribution in [2.24, 2.45) is 5.73 Å². The number of fused-ring (bicyclic) bond motifs is 1. The minimum absolute atomic E-state index is 0.0797. The van der Waals surface area contributed by atoms with Gasteiger partial charge in [0.1, 0.15) is 5.75 Å². The van der Waals surface area contributed by atoms with E-state index < -0.39 is 0 Å². The van der Waals surface area contributed by atoms with Gasteiger partial charge in [-0.25, -0.2) is 0 Å². The first-order valence-electron chi connectivity index (χ1n) is 6.83. The van der Waals surface area contributed by atoms with Crippen molar-refractivity contribution in [3.05, 3.63) is 65.2 Å². The van der Waals surface area contributed by atoms with Gasteiger partial charge in [-0.3, -0.25) is 4.79 Å². The molecular weight excluding hydrogens is 250 g/mol. The first kappa shape index (κ1) is 12.9. The quantitative estimate of drug-likeness (QED) is 0.867. The molecule has 2 N–H and O–H groups in total. The van der Waals surface area contributed by atoms with Gasteiger partial charge < -0.3 is 10.5 Å². The molecule has 1 aliphatic rings. The van der Waals surface area contributed by atoms with Crippen molar-refractivity contribution in [2.75, 3.05) is 6.61 Å². The van der Waals surface area contributed by atoms with Crippen molar-refractivity contribution in [1.29, 1.82) is 0 Å². The van der Waals surface area contributed by atoms with Crippen LogP contribution in [0.4, 0.5) is 0 Å². The highest BCUT2D eigenvalue weighted by atomic mass is 16.5. The zero-order chi connectivity index (χ0) is 13.9. The summed E-state index contributed by atoms with van der Waals surface area (Å²) >= 11 is 0. The molecule has 1 heterocycles. The Morgan fingerprint density at radius 1 is 1.20 bits per heavy atom. The summed E-state index contributed by atoms with van der Waals surface area (Å²) in [7, 11) is 0. The van der Waals surface area contributed by atoms with Crippen LogP contribution in [0.3, 0.4) is 0 Å². The highest BCUT2D eigenvalue weighted by molar-refractivity contribution is 5.96. The first-order chi connectivity index (χ1) is 9.74. The number of nitrogens with two attached hydrogens (primary N) is 1. The SMILES string of the molecule is NC(CC(=O)c1ccc2c(c1)CCO2)c1ccccc1. The maximum atomic E-state index is 12.3. The summed E-state index contributed by atoms with van der Waals surface area (Å²) in [5.74, 6) is 0.977. The Labute approximate surface area is 118 Å². The third-order valence-corrected chi connectivity index (χ3v) is 3.64. The smallest absolute Gasteiger partial charge is 0.164 e. The molecule has 1 aliphatic heterocycles. The average Bonchev–Trinajstić information content (AvgIpc) is 2.95. The van der Waals surface area contributed by atoms with Gasteiger partial charge in [-0.2, -0.15) is 0 Å². The summed E-state index contributed by atoms with van der Waals surface area (Å²) in [4.78, 5) is 12.3. The van der Waals surface area contributed by atoms with Gasteiger partial charge in [0.05, 0.1) is 6.61 Å². The molecule has 0 saturated carbocycles. The van der Waals surface area contributed by atoms with Crippen molar-refractivity contribution >= 4 is 5.78 Å². The van der Waals surface area contributed by atoms with E-state index in [2.05, 4.69) is 0 Å². The summed E-state index contributed by atoms with van der Waals surface area (Å²) < 4.78 is 5.45. The molecule has 3 rings (SSSR count). The summed E-state index contributed by atoms with van der Waals surface area (Å²) in [6.07, 6.45) is 1.20. The maximum absolute atomic E-state index is 12.3. The molecule has 1 atom stereocenters. The largest absolute Gasteiger partial charge is 0.493 e. The number of carbonyl (C=O) groups excluding carboxylic acids is 1. The van der Waals surface area contributed by atoms with E-state index in [1.54, 1.807) is 0 Å². The zero-order valence-corrected chi connectivity index (χ0v) is 11.2. The van der Waals surface area contributed by atoms with Gasteiger partial charge in [-0.05, 0) is 29.3 Å². The van der Waals surface area contributed by atoms with Crippen LogP contribution in [0.15, 0.2) is 48.5 Å². The summed E-state index contributed by atoms with van der Waals surface area (Å²) in [5.41, 5.74) is 8.93. The average molecular weight is 267 g/mol. The number of benzene rings is 2. The number of hydrogen-bond donors (Lipinski definition) is 1. The molecule has 102 valence electrons. The Hall–Kier alpha value is -2.13. The fourth-order valence-corrected chi connectivity index (χ4v) is 2.50.